The predicted molar refractivity (Wildman–Crippen MR) is 48.5 cm³/mol. The second-order valence-electron chi connectivity index (χ2n) is 2.92. The zero-order valence-corrected chi connectivity index (χ0v) is 7.97. The minimum Gasteiger partial charge on any atom is -0.481 e. The molecule has 70 valence electrons. The molecule has 0 aromatic heterocycles. The number of aliphatic carboxylic acids is 1. The Balaban J connectivity index is 2.19. The van der Waals surface area contributed by atoms with Gasteiger partial charge in [-0.1, -0.05) is 6.92 Å². The normalized spacial score (nSPS) is 20.1. The highest BCUT2D eigenvalue weighted by Crippen LogP contribution is 2.27. The first-order chi connectivity index (χ1) is 5.72. The maximum Gasteiger partial charge on any atom is 0.304 e. The number of hydrogen-bond donors (Lipinski definition) is 1. The van der Waals surface area contributed by atoms with Crippen LogP contribution in [0.2, 0.25) is 0 Å². The van der Waals surface area contributed by atoms with E-state index in [1.807, 2.05) is 6.92 Å². The van der Waals surface area contributed by atoms with Crippen LogP contribution in [0.15, 0.2) is 0 Å². The standard InChI is InChI=1S/C8H14O3S/c1-2-6(3-8(9)10)12-7-4-11-5-7/h6-7H,2-5H2,1H3,(H,9,10). The Kier molecular flexibility index (Phi) is 3.88. The van der Waals surface area contributed by atoms with Crippen molar-refractivity contribution in [1.82, 2.24) is 0 Å². The SMILES string of the molecule is CCC(CC(=O)O)SC1COC1. The molecule has 0 spiro atoms. The molecule has 12 heavy (non-hydrogen) atoms. The van der Waals surface area contributed by atoms with Crippen LogP contribution in [0.1, 0.15) is 19.8 Å². The van der Waals surface area contributed by atoms with E-state index >= 15 is 0 Å². The van der Waals surface area contributed by atoms with Crippen LogP contribution in [0.5, 0.6) is 0 Å². The highest BCUT2D eigenvalue weighted by molar-refractivity contribution is 8.00. The lowest BCUT2D eigenvalue weighted by Crippen LogP contribution is -2.32. The number of thioether (sulfide) groups is 1. The zero-order valence-electron chi connectivity index (χ0n) is 7.16. The van der Waals surface area contributed by atoms with Crippen LogP contribution in [0.4, 0.5) is 0 Å². The van der Waals surface area contributed by atoms with Gasteiger partial charge in [-0.3, -0.25) is 4.79 Å². The third kappa shape index (κ3) is 3.03. The molecule has 0 aliphatic carbocycles. The summed E-state index contributed by atoms with van der Waals surface area (Å²) in [6.07, 6.45) is 1.20. The number of carboxylic acids is 1. The first-order valence-corrected chi connectivity index (χ1v) is 5.11. The second kappa shape index (κ2) is 4.72. The summed E-state index contributed by atoms with van der Waals surface area (Å²) in [5.74, 6) is -0.699. The summed E-state index contributed by atoms with van der Waals surface area (Å²) < 4.78 is 5.02. The third-order valence-electron chi connectivity index (χ3n) is 1.85. The molecular formula is C8H14O3S. The van der Waals surface area contributed by atoms with Crippen molar-refractivity contribution in [3.63, 3.8) is 0 Å². The van der Waals surface area contributed by atoms with Crippen LogP contribution >= 0.6 is 11.8 Å². The molecule has 1 fully saturated rings. The van der Waals surface area contributed by atoms with Gasteiger partial charge in [0.05, 0.1) is 24.9 Å². The predicted octanol–water partition coefficient (Wildman–Crippen LogP) is 1.37. The fourth-order valence-electron chi connectivity index (χ4n) is 1.05. The molecule has 1 saturated heterocycles. The molecular weight excluding hydrogens is 176 g/mol. The number of carboxylic acid groups (broad SMARTS) is 1. The topological polar surface area (TPSA) is 46.5 Å². The average Bonchev–Trinajstić information content (AvgIpc) is 1.93. The van der Waals surface area contributed by atoms with E-state index in [9.17, 15) is 4.79 Å². The molecule has 0 aromatic rings. The van der Waals surface area contributed by atoms with Crippen LogP contribution in [0.3, 0.4) is 0 Å². The summed E-state index contributed by atoms with van der Waals surface area (Å²) in [4.78, 5) is 10.4. The van der Waals surface area contributed by atoms with E-state index in [1.165, 1.54) is 0 Å². The summed E-state index contributed by atoms with van der Waals surface area (Å²) in [6, 6.07) is 0. The first kappa shape index (κ1) is 9.86. The molecule has 0 saturated carbocycles. The van der Waals surface area contributed by atoms with Crippen molar-refractivity contribution in [2.24, 2.45) is 0 Å². The van der Waals surface area contributed by atoms with Gasteiger partial charge in [0.25, 0.3) is 0 Å². The number of carbonyl (C=O) groups is 1. The minimum atomic E-state index is -0.699. The fourth-order valence-corrected chi connectivity index (χ4v) is 2.37. The minimum absolute atomic E-state index is 0.261. The Bertz CT molecular complexity index is 156. The molecule has 3 nitrogen and oxygen atoms in total. The lowest BCUT2D eigenvalue weighted by atomic mass is 10.2. The summed E-state index contributed by atoms with van der Waals surface area (Å²) >= 11 is 1.75. The van der Waals surface area contributed by atoms with E-state index in [2.05, 4.69) is 0 Å². The second-order valence-corrected chi connectivity index (χ2v) is 4.53. The lowest BCUT2D eigenvalue weighted by Gasteiger charge is -2.28. The van der Waals surface area contributed by atoms with Gasteiger partial charge in [-0.2, -0.15) is 0 Å². The van der Waals surface area contributed by atoms with Gasteiger partial charge in [-0.25, -0.2) is 0 Å². The van der Waals surface area contributed by atoms with Crippen LogP contribution in [-0.4, -0.2) is 34.8 Å². The lowest BCUT2D eigenvalue weighted by molar-refractivity contribution is -0.137. The number of hydrogen-bond acceptors (Lipinski definition) is 3. The molecule has 1 rings (SSSR count). The van der Waals surface area contributed by atoms with Crippen LogP contribution in [-0.2, 0) is 9.53 Å². The van der Waals surface area contributed by atoms with E-state index < -0.39 is 5.97 Å². The van der Waals surface area contributed by atoms with Gasteiger partial charge >= 0.3 is 5.97 Å². The summed E-state index contributed by atoms with van der Waals surface area (Å²) in [6.45, 7) is 3.61. The largest absolute Gasteiger partial charge is 0.481 e. The molecule has 0 aromatic carbocycles. The molecule has 1 heterocycles. The Hall–Kier alpha value is -0.220. The van der Waals surface area contributed by atoms with Gasteiger partial charge < -0.3 is 9.84 Å². The number of rotatable bonds is 5. The van der Waals surface area contributed by atoms with Gasteiger partial charge in [-0.15, -0.1) is 11.8 Å². The van der Waals surface area contributed by atoms with E-state index in [1.54, 1.807) is 11.8 Å². The maximum absolute atomic E-state index is 10.4. The highest BCUT2D eigenvalue weighted by Gasteiger charge is 2.23. The Morgan fingerprint density at radius 1 is 1.75 bits per heavy atom. The number of ether oxygens (including phenoxy) is 1. The summed E-state index contributed by atoms with van der Waals surface area (Å²) in [5.41, 5.74) is 0. The molecule has 1 aliphatic rings. The molecule has 0 bridgehead atoms. The van der Waals surface area contributed by atoms with Crippen molar-refractivity contribution >= 4 is 17.7 Å². The van der Waals surface area contributed by atoms with Gasteiger partial charge in [0.15, 0.2) is 0 Å². The average molecular weight is 190 g/mol. The van der Waals surface area contributed by atoms with Gasteiger partial charge in [0, 0.05) is 5.25 Å². The van der Waals surface area contributed by atoms with Crippen molar-refractivity contribution in [1.29, 1.82) is 0 Å². The van der Waals surface area contributed by atoms with Crippen molar-refractivity contribution < 1.29 is 14.6 Å². The molecule has 1 unspecified atom stereocenters. The van der Waals surface area contributed by atoms with Crippen LogP contribution < -0.4 is 0 Å². The molecule has 4 heteroatoms. The summed E-state index contributed by atoms with van der Waals surface area (Å²) in [7, 11) is 0. The Morgan fingerprint density at radius 3 is 2.75 bits per heavy atom. The highest BCUT2D eigenvalue weighted by atomic mass is 32.2. The molecule has 0 amide bonds. The quantitative estimate of drug-likeness (QED) is 0.711. The van der Waals surface area contributed by atoms with Gasteiger partial charge in [0.1, 0.15) is 0 Å². The van der Waals surface area contributed by atoms with Gasteiger partial charge in [0.2, 0.25) is 0 Å². The van der Waals surface area contributed by atoms with Crippen molar-refractivity contribution in [2.45, 2.75) is 30.3 Å². The van der Waals surface area contributed by atoms with Crippen molar-refractivity contribution in [3.8, 4) is 0 Å². The molecule has 1 N–H and O–H groups in total. The smallest absolute Gasteiger partial charge is 0.304 e. The third-order valence-corrected chi connectivity index (χ3v) is 3.39. The van der Waals surface area contributed by atoms with Gasteiger partial charge in [-0.05, 0) is 6.42 Å². The van der Waals surface area contributed by atoms with Crippen LogP contribution in [0.25, 0.3) is 0 Å². The maximum atomic E-state index is 10.4. The molecule has 1 aliphatic heterocycles. The Morgan fingerprint density at radius 2 is 2.42 bits per heavy atom. The van der Waals surface area contributed by atoms with Crippen molar-refractivity contribution in [2.75, 3.05) is 13.2 Å². The summed E-state index contributed by atoms with van der Waals surface area (Å²) in [5, 5.41) is 9.37. The van der Waals surface area contributed by atoms with Crippen LogP contribution in [0, 0.1) is 0 Å². The van der Waals surface area contributed by atoms with E-state index in [-0.39, 0.29) is 11.7 Å². The molecule has 1 atom stereocenters. The zero-order chi connectivity index (χ0) is 8.97. The van der Waals surface area contributed by atoms with Crippen molar-refractivity contribution in [3.05, 3.63) is 0 Å². The first-order valence-electron chi connectivity index (χ1n) is 4.17. The van der Waals surface area contributed by atoms with E-state index in [4.69, 9.17) is 9.84 Å². The molecule has 0 radical (unpaired) electrons. The Labute approximate surface area is 76.5 Å². The van der Waals surface area contributed by atoms with E-state index in [0.29, 0.717) is 5.25 Å². The van der Waals surface area contributed by atoms with E-state index in [0.717, 1.165) is 19.6 Å². The monoisotopic (exact) mass is 190 g/mol. The fraction of sp³-hybridized carbons (Fsp3) is 0.875.